The van der Waals surface area contributed by atoms with E-state index < -0.39 is 0 Å². The Bertz CT molecular complexity index is 2900. The number of rotatable bonds is 2. The zero-order chi connectivity index (χ0) is 29.2. The van der Waals surface area contributed by atoms with Crippen molar-refractivity contribution in [3.05, 3.63) is 127 Å². The highest BCUT2D eigenvalue weighted by Crippen LogP contribution is 2.47. The third-order valence-electron chi connectivity index (χ3n) is 9.34. The molecule has 11 aromatic rings. The number of furan rings is 1. The normalized spacial score (nSPS) is 12.4. The van der Waals surface area contributed by atoms with Crippen LogP contribution in [-0.2, 0) is 0 Å². The first-order chi connectivity index (χ1) is 22.3. The van der Waals surface area contributed by atoms with Gasteiger partial charge in [-0.25, -0.2) is 9.97 Å². The summed E-state index contributed by atoms with van der Waals surface area (Å²) in [6.45, 7) is 0. The molecule has 0 bridgehead atoms. The van der Waals surface area contributed by atoms with Crippen LogP contribution >= 0.6 is 11.3 Å². The smallest absolute Gasteiger partial charge is 0.165 e. The first-order valence-electron chi connectivity index (χ1n) is 15.1. The molecule has 208 valence electrons. The molecule has 0 fully saturated rings. The van der Waals surface area contributed by atoms with Gasteiger partial charge in [-0.1, -0.05) is 72.8 Å². The molecule has 0 saturated heterocycles. The highest BCUT2D eigenvalue weighted by atomic mass is 32.1. The molecule has 0 spiro atoms. The highest BCUT2D eigenvalue weighted by molar-refractivity contribution is 7.24. The van der Waals surface area contributed by atoms with Crippen molar-refractivity contribution < 1.29 is 4.42 Å². The van der Waals surface area contributed by atoms with E-state index in [-0.39, 0.29) is 0 Å². The maximum atomic E-state index is 6.33. The summed E-state index contributed by atoms with van der Waals surface area (Å²) in [6.07, 6.45) is 0. The molecule has 0 unspecified atom stereocenters. The summed E-state index contributed by atoms with van der Waals surface area (Å²) in [4.78, 5) is 10.7. The molecule has 0 amide bonds. The molecule has 5 heteroatoms. The van der Waals surface area contributed by atoms with Gasteiger partial charge < -0.3 is 4.42 Å². The molecule has 11 rings (SSSR count). The van der Waals surface area contributed by atoms with Crippen LogP contribution in [0.3, 0.4) is 0 Å². The molecular formula is C40H21N3OS. The first-order valence-corrected chi connectivity index (χ1v) is 15.9. The van der Waals surface area contributed by atoms with Gasteiger partial charge in [0, 0.05) is 47.3 Å². The predicted molar refractivity (Wildman–Crippen MR) is 188 cm³/mol. The molecular weight excluding hydrogens is 571 g/mol. The zero-order valence-electron chi connectivity index (χ0n) is 23.8. The van der Waals surface area contributed by atoms with Crippen LogP contribution in [0.5, 0.6) is 0 Å². The number of hydrogen-bond acceptors (Lipinski definition) is 4. The van der Waals surface area contributed by atoms with Crippen molar-refractivity contribution >= 4 is 97.1 Å². The molecule has 0 aliphatic carbocycles. The van der Waals surface area contributed by atoms with Crippen molar-refractivity contribution in [1.82, 2.24) is 14.5 Å². The van der Waals surface area contributed by atoms with E-state index in [0.717, 1.165) is 61.1 Å². The number of benzene rings is 7. The van der Waals surface area contributed by atoms with Crippen LogP contribution in [0.15, 0.2) is 132 Å². The van der Waals surface area contributed by atoms with E-state index in [4.69, 9.17) is 14.4 Å². The Morgan fingerprint density at radius 2 is 1.16 bits per heavy atom. The van der Waals surface area contributed by atoms with Crippen LogP contribution in [0, 0.1) is 0 Å². The summed E-state index contributed by atoms with van der Waals surface area (Å²) < 4.78 is 11.2. The van der Waals surface area contributed by atoms with Gasteiger partial charge in [-0.15, -0.1) is 11.3 Å². The van der Waals surface area contributed by atoms with Crippen LogP contribution in [0.2, 0.25) is 0 Å². The Morgan fingerprint density at radius 3 is 1.89 bits per heavy atom. The van der Waals surface area contributed by atoms with E-state index in [9.17, 15) is 0 Å². The lowest BCUT2D eigenvalue weighted by molar-refractivity contribution is 0.669. The molecule has 4 aromatic heterocycles. The Kier molecular flexibility index (Phi) is 4.43. The van der Waals surface area contributed by atoms with E-state index in [0.29, 0.717) is 0 Å². The Morgan fingerprint density at radius 1 is 0.511 bits per heavy atom. The second-order valence-electron chi connectivity index (χ2n) is 11.8. The maximum absolute atomic E-state index is 6.33. The molecule has 4 heterocycles. The van der Waals surface area contributed by atoms with E-state index in [1.54, 1.807) is 0 Å². The van der Waals surface area contributed by atoms with Gasteiger partial charge in [0.25, 0.3) is 0 Å². The van der Waals surface area contributed by atoms with Gasteiger partial charge >= 0.3 is 0 Å². The molecule has 0 atom stereocenters. The Balaban J connectivity index is 1.33. The minimum atomic E-state index is 0.811. The van der Waals surface area contributed by atoms with E-state index in [1.807, 2.05) is 47.7 Å². The topological polar surface area (TPSA) is 43.9 Å². The van der Waals surface area contributed by atoms with Gasteiger partial charge in [0.1, 0.15) is 16.9 Å². The predicted octanol–water partition coefficient (Wildman–Crippen LogP) is 11.3. The van der Waals surface area contributed by atoms with Crippen molar-refractivity contribution in [3.8, 4) is 17.1 Å². The van der Waals surface area contributed by atoms with Gasteiger partial charge in [0.15, 0.2) is 5.82 Å². The average Bonchev–Trinajstić information content (AvgIpc) is 3.58. The summed E-state index contributed by atoms with van der Waals surface area (Å²) in [5, 5.41) is 9.85. The quantitative estimate of drug-likeness (QED) is 0.201. The van der Waals surface area contributed by atoms with Crippen molar-refractivity contribution in [1.29, 1.82) is 0 Å². The van der Waals surface area contributed by atoms with Crippen molar-refractivity contribution in [2.24, 2.45) is 0 Å². The number of fused-ring (bicyclic) bond motifs is 4. The third-order valence-corrected chi connectivity index (χ3v) is 10.5. The molecule has 0 saturated carbocycles. The Labute approximate surface area is 259 Å². The maximum Gasteiger partial charge on any atom is 0.165 e. The van der Waals surface area contributed by atoms with Crippen LogP contribution in [0.25, 0.3) is 103 Å². The minimum Gasteiger partial charge on any atom is -0.456 e. The second-order valence-corrected chi connectivity index (χ2v) is 12.8. The van der Waals surface area contributed by atoms with Gasteiger partial charge in [-0.05, 0) is 65.4 Å². The van der Waals surface area contributed by atoms with Gasteiger partial charge in [0.2, 0.25) is 0 Å². The van der Waals surface area contributed by atoms with Crippen molar-refractivity contribution in [3.63, 3.8) is 0 Å². The van der Waals surface area contributed by atoms with Crippen LogP contribution in [0.1, 0.15) is 0 Å². The zero-order valence-corrected chi connectivity index (χ0v) is 24.6. The summed E-state index contributed by atoms with van der Waals surface area (Å²) in [5.41, 5.74) is 7.50. The lowest BCUT2D eigenvalue weighted by Gasteiger charge is -2.14. The molecule has 0 aliphatic heterocycles. The van der Waals surface area contributed by atoms with Crippen molar-refractivity contribution in [2.75, 3.05) is 0 Å². The molecule has 4 nitrogen and oxygen atoms in total. The molecule has 0 aliphatic rings. The summed E-state index contributed by atoms with van der Waals surface area (Å²) in [6, 6.07) is 45.1. The van der Waals surface area contributed by atoms with Crippen molar-refractivity contribution in [2.45, 2.75) is 0 Å². The fraction of sp³-hybridized carbons (Fsp3) is 0. The summed E-state index contributed by atoms with van der Waals surface area (Å²) in [5.74, 6) is 0.811. The minimum absolute atomic E-state index is 0.811. The van der Waals surface area contributed by atoms with Crippen LogP contribution in [0.4, 0.5) is 0 Å². The van der Waals surface area contributed by atoms with E-state index >= 15 is 0 Å². The van der Waals surface area contributed by atoms with Gasteiger partial charge in [-0.3, -0.25) is 4.57 Å². The average molecular weight is 592 g/mol. The lowest BCUT2D eigenvalue weighted by atomic mass is 10.00. The first kappa shape index (κ1) is 23.6. The number of nitrogens with zero attached hydrogens (tertiary/aromatic N) is 3. The standard InChI is InChI=1S/C40H21N3OS/c1-4-12-31-25(9-1)26-18-15-24(21-32(26)44-31)39-40(42-28-11-3-2-10-27(28)41-39)43-29-19-16-22-7-5-13-33-35(22)37(29)38-30(43)20-17-23-8-6-14-34(45-33)36(23)38/h1-21H. The van der Waals surface area contributed by atoms with Gasteiger partial charge in [-0.2, -0.15) is 0 Å². The van der Waals surface area contributed by atoms with Crippen LogP contribution < -0.4 is 0 Å². The Hall–Kier alpha value is -5.78. The summed E-state index contributed by atoms with van der Waals surface area (Å²) in [7, 11) is 0. The molecule has 0 radical (unpaired) electrons. The molecule has 45 heavy (non-hydrogen) atoms. The fourth-order valence-electron chi connectivity index (χ4n) is 7.41. The molecule has 7 aromatic carbocycles. The fourth-order valence-corrected chi connectivity index (χ4v) is 8.58. The third kappa shape index (κ3) is 3.10. The summed E-state index contributed by atoms with van der Waals surface area (Å²) >= 11 is 1.87. The van der Waals surface area contributed by atoms with Gasteiger partial charge in [0.05, 0.1) is 22.1 Å². The van der Waals surface area contributed by atoms with E-state index in [1.165, 1.54) is 41.7 Å². The SMILES string of the molecule is c1ccc2nc(-n3c4ccc5cccc6sc7cccc8ccc3c(c87)c4c56)c(-c3ccc4c(c3)oc3ccccc34)nc2c1. The second kappa shape index (κ2) is 8.44. The highest BCUT2D eigenvalue weighted by Gasteiger charge is 2.24. The number of para-hydroxylation sites is 3. The molecule has 0 N–H and O–H groups in total. The monoisotopic (exact) mass is 591 g/mol. The lowest BCUT2D eigenvalue weighted by Crippen LogP contribution is -2.03. The largest absolute Gasteiger partial charge is 0.456 e. The van der Waals surface area contributed by atoms with E-state index in [2.05, 4.69) is 95.6 Å². The number of aromatic nitrogens is 3. The van der Waals surface area contributed by atoms with Crippen LogP contribution in [-0.4, -0.2) is 14.5 Å². The number of hydrogen-bond donors (Lipinski definition) is 0.